The van der Waals surface area contributed by atoms with Gasteiger partial charge in [0.15, 0.2) is 51.5 Å². The second-order valence-corrected chi connectivity index (χ2v) is 37.8. The highest BCUT2D eigenvalue weighted by molar-refractivity contribution is 7.59. The van der Waals surface area contributed by atoms with Gasteiger partial charge in [-0.2, -0.15) is 40.5 Å². The Kier molecular flexibility index (Phi) is 51.6. The Morgan fingerprint density at radius 2 is 1.16 bits per heavy atom. The van der Waals surface area contributed by atoms with Crippen molar-refractivity contribution in [2.45, 2.75) is 173 Å². The molecule has 0 bridgehead atoms. The van der Waals surface area contributed by atoms with Crippen LogP contribution in [0.4, 0.5) is 47.4 Å². The molecule has 618 valence electrons. The minimum Gasteiger partial charge on any atom is -0.469 e. The number of carbonyl (C=O) groups excluding carboxylic acids is 5. The van der Waals surface area contributed by atoms with E-state index in [1.165, 1.54) is 87.7 Å². The van der Waals surface area contributed by atoms with Crippen LogP contribution < -0.4 is 21.1 Å². The number of aromatic nitrogens is 1. The third-order valence-electron chi connectivity index (χ3n) is 18.1. The van der Waals surface area contributed by atoms with Crippen LogP contribution in [0.5, 0.6) is 5.75 Å². The van der Waals surface area contributed by atoms with Gasteiger partial charge in [-0.3, -0.25) is 34.7 Å². The molecule has 2 heterocycles. The van der Waals surface area contributed by atoms with Gasteiger partial charge in [0.2, 0.25) is 5.91 Å². The number of hydrogen-bond acceptors (Lipinski definition) is 19. The summed E-state index contributed by atoms with van der Waals surface area (Å²) >= 11 is 4.92. The van der Waals surface area contributed by atoms with E-state index in [0.717, 1.165) is 48.6 Å². The fourth-order valence-corrected chi connectivity index (χ4v) is 11.3. The van der Waals surface area contributed by atoms with Crippen LogP contribution in [-0.4, -0.2) is 164 Å². The largest absolute Gasteiger partial charge is 0.469 e. The smallest absolute Gasteiger partial charge is 0.412 e. The monoisotopic (exact) mass is 1670 g/mol. The molecule has 1 saturated heterocycles. The minimum absolute atomic E-state index is 0. The number of benzene rings is 5. The van der Waals surface area contributed by atoms with Crippen molar-refractivity contribution in [1.82, 2.24) is 20.1 Å². The van der Waals surface area contributed by atoms with Crippen LogP contribution in [0.3, 0.4) is 0 Å². The second-order valence-electron chi connectivity index (χ2n) is 27.8. The highest BCUT2D eigenvalue weighted by Gasteiger charge is 2.39. The van der Waals surface area contributed by atoms with Gasteiger partial charge in [0.25, 0.3) is 5.69 Å². The number of amides is 2. The highest BCUT2D eigenvalue weighted by Crippen LogP contribution is 2.38. The molecule has 1 aliphatic rings. The number of nitrogens with two attached hydrogens (primary N) is 1. The number of aliphatic hydroxyl groups is 1. The van der Waals surface area contributed by atoms with E-state index in [-0.39, 0.29) is 160 Å². The fourth-order valence-electron chi connectivity index (χ4n) is 9.13. The number of likely N-dealkylation sites (N-methyl/N-ethyl adjacent to an activating group) is 3. The predicted molar refractivity (Wildman–Crippen MR) is 438 cm³/mol. The van der Waals surface area contributed by atoms with Gasteiger partial charge in [0, 0.05) is 124 Å². The van der Waals surface area contributed by atoms with Crippen LogP contribution in [0.15, 0.2) is 115 Å². The molecule has 34 heteroatoms. The number of pyridine rings is 1. The Labute approximate surface area is 671 Å². The lowest BCUT2D eigenvalue weighted by Gasteiger charge is -2.38. The first kappa shape index (κ1) is 105. The van der Waals surface area contributed by atoms with E-state index in [1.54, 1.807) is 36.2 Å². The maximum absolute atomic E-state index is 14.0. The van der Waals surface area contributed by atoms with Crippen molar-refractivity contribution in [3.05, 3.63) is 177 Å². The molecule has 6 aromatic rings. The van der Waals surface area contributed by atoms with Crippen molar-refractivity contribution < 1.29 is 92.9 Å². The van der Waals surface area contributed by atoms with Crippen LogP contribution >= 0.6 is 52.1 Å². The summed E-state index contributed by atoms with van der Waals surface area (Å²) in [6.07, 6.45) is 6.43. The molecule has 0 spiro atoms. The van der Waals surface area contributed by atoms with E-state index in [9.17, 15) is 60.4 Å². The zero-order chi connectivity index (χ0) is 80.7. The fraction of sp³-hybridized carbons (Fsp3) is 0.500. The zero-order valence-corrected chi connectivity index (χ0v) is 71.4. The first-order chi connectivity index (χ1) is 50.3. The Balaban J connectivity index is 0. The number of non-ortho nitro benzene ring substituents is 1. The average Bonchev–Trinajstić information content (AvgIpc) is 0.909. The Morgan fingerprint density at radius 3 is 1.63 bits per heavy atom. The highest BCUT2D eigenvalue weighted by atomic mass is 35.5. The lowest BCUT2D eigenvalue weighted by Crippen LogP contribution is -2.47. The van der Waals surface area contributed by atoms with Gasteiger partial charge in [-0.15, -0.1) is 0 Å². The molecule has 1 aliphatic heterocycles. The summed E-state index contributed by atoms with van der Waals surface area (Å²) in [6, 6.07) is 25.9. The summed E-state index contributed by atoms with van der Waals surface area (Å²) < 4.78 is 116. The maximum atomic E-state index is 14.0. The van der Waals surface area contributed by atoms with Gasteiger partial charge in [-0.05, 0) is 143 Å². The van der Waals surface area contributed by atoms with E-state index >= 15 is 0 Å². The van der Waals surface area contributed by atoms with Crippen LogP contribution in [0.25, 0.3) is 10.8 Å². The average molecular weight is 1670 g/mol. The van der Waals surface area contributed by atoms with Crippen LogP contribution in [0.2, 0.25) is 36.3 Å². The van der Waals surface area contributed by atoms with Gasteiger partial charge in [-0.25, -0.2) is 40.9 Å². The Morgan fingerprint density at radius 1 is 0.673 bits per heavy atom. The molecule has 0 aliphatic carbocycles. The second kappa shape index (κ2) is 54.0. The standard InChI is InChI=1S/C23H25F2N3O3.C22H35F2NO4Si.C13H29NO3Si.C7H4ClNO4.C7H7F2N.C4H8O.3H2S/c1-28(14-18-8-4-10-20(24)22(18)25)19(9-5-11-29)15-31-23(30)27-21-12-16-6-2-3-7-17(16)13-26-21;1-22(2,3)30(6,7)29-15-17(12-14-20(27)28-5)25(4)19(26)13-11-16-9-8-10-18(23)21(16)24;1-13(2,3)18(6,7)17-10-11(14-4)8-9-12(15)16-5;8-7(10)13-6-3-1-5(2-4-6)9(11)12;8-6-3-1-2-5(4-10)7(6)9;1-2-4-5-3-1;;;/h2-4,6-8,10,12-13,19,29H,5,9,11,14-15H2,1H3,(H,26,27,30);8-10,17H,11-15H2,1-7H3;11,14H,8-10H2,1-7H3;1-4H;1-3H,4,10H2;1-4H2;3*1H2/t19-;17-;11-;;;;;;/m000....../s1. The quantitative estimate of drug-likeness (QED) is 0.00645. The van der Waals surface area contributed by atoms with Crippen molar-refractivity contribution in [2.24, 2.45) is 5.73 Å². The van der Waals surface area contributed by atoms with Gasteiger partial charge in [0.05, 0.1) is 31.8 Å². The van der Waals surface area contributed by atoms with Gasteiger partial charge in [-0.1, -0.05) is 102 Å². The van der Waals surface area contributed by atoms with Crippen LogP contribution in [0, 0.1) is 45.0 Å². The summed E-state index contributed by atoms with van der Waals surface area (Å²) in [7, 11) is 4.29. The van der Waals surface area contributed by atoms with Gasteiger partial charge >= 0.3 is 23.5 Å². The molecule has 0 saturated carbocycles. The number of aryl methyl sites for hydroxylation is 1. The van der Waals surface area contributed by atoms with Crippen molar-refractivity contribution in [3.8, 4) is 5.75 Å². The molecule has 0 radical (unpaired) electrons. The van der Waals surface area contributed by atoms with E-state index < -0.39 is 68.0 Å². The number of nitro benzene ring substituents is 1. The van der Waals surface area contributed by atoms with E-state index in [4.69, 9.17) is 45.5 Å². The number of nitrogens with one attached hydrogen (secondary N) is 2. The van der Waals surface area contributed by atoms with Gasteiger partial charge < -0.3 is 53.6 Å². The number of ether oxygens (including phenoxy) is 5. The first-order valence-electron chi connectivity index (χ1n) is 34.9. The van der Waals surface area contributed by atoms with E-state index in [1.807, 2.05) is 31.3 Å². The molecule has 3 atom stereocenters. The molecular weight excluding hydrogens is 1550 g/mol. The lowest BCUT2D eigenvalue weighted by molar-refractivity contribution is -0.384. The van der Waals surface area contributed by atoms with Crippen LogP contribution in [0.1, 0.15) is 116 Å². The number of rotatable bonds is 29. The number of carbonyl (C=O) groups is 5. The summed E-state index contributed by atoms with van der Waals surface area (Å²) in [5.74, 6) is -5.52. The zero-order valence-electron chi connectivity index (χ0n) is 65.6. The number of anilines is 1. The topological polar surface area (TPSA) is 283 Å². The molecule has 1 fully saturated rings. The molecule has 110 heavy (non-hydrogen) atoms. The van der Waals surface area contributed by atoms with Crippen LogP contribution in [-0.2, 0) is 61.7 Å². The summed E-state index contributed by atoms with van der Waals surface area (Å²) in [6.45, 7) is 24.9. The SMILES string of the molecule is C1CCOC1.CN(Cc1cccc(F)c1F)[C@@H](CCCO)COC(=O)Nc1cc2ccccc2cn1.CN[C@@H](CCC(=O)OC)CO[Si](C)(C)C(C)(C)C.COC(=O)CC[C@@H](CO[Si](C)(C)C(C)(C)C)N(C)C(=O)CCc1cccc(F)c1F.NCc1cccc(F)c1F.O=C(Cl)Oc1ccc([N+](=O)[O-])cc1.S.S.S. The summed E-state index contributed by atoms with van der Waals surface area (Å²) in [5.41, 5.74) is 4.65. The number of nitrogens with zero attached hydrogens (tertiary/aromatic N) is 4. The van der Waals surface area contributed by atoms with E-state index in [0.29, 0.717) is 44.7 Å². The molecule has 22 nitrogen and oxygen atoms in total. The Bertz CT molecular complexity index is 3720. The molecule has 7 rings (SSSR count). The van der Waals surface area contributed by atoms with Crippen molar-refractivity contribution in [1.29, 1.82) is 0 Å². The predicted octanol–water partition coefficient (Wildman–Crippen LogP) is 16.5. The first-order valence-corrected chi connectivity index (χ1v) is 41.1. The van der Waals surface area contributed by atoms with Crippen molar-refractivity contribution >= 4 is 120 Å². The number of hydrogen-bond donors (Lipinski definition) is 4. The van der Waals surface area contributed by atoms with E-state index in [2.05, 4.69) is 92.8 Å². The lowest BCUT2D eigenvalue weighted by atomic mass is 10.1. The maximum Gasteiger partial charge on any atom is 0.412 e. The summed E-state index contributed by atoms with van der Waals surface area (Å²) in [4.78, 5) is 75.1. The number of aliphatic hydroxyl groups excluding tert-OH is 1. The molecule has 0 unspecified atom stereocenters. The van der Waals surface area contributed by atoms with Crippen molar-refractivity contribution in [2.75, 3.05) is 80.3 Å². The molecule has 5 N–H and O–H groups in total. The minimum atomic E-state index is -2.04. The number of esters is 2. The molecule has 5 aromatic carbocycles. The van der Waals surface area contributed by atoms with Crippen molar-refractivity contribution in [3.63, 3.8) is 0 Å². The molecule has 2 amide bonds. The number of methoxy groups -OCH3 is 2. The third-order valence-corrected chi connectivity index (χ3v) is 27.2. The number of fused-ring (bicyclic) bond motifs is 1. The molecular formula is C76H114ClF6N7O15S3Si2. The Hall–Kier alpha value is -6.87. The summed E-state index contributed by atoms with van der Waals surface area (Å²) in [5, 5.41) is 27.3. The normalized spacial score (nSPS) is 12.4. The molecule has 1 aromatic heterocycles. The number of nitro groups is 1. The number of halogens is 7. The van der Waals surface area contributed by atoms with Gasteiger partial charge in [0.1, 0.15) is 18.2 Å². The third kappa shape index (κ3) is 39.5.